The third-order valence-corrected chi connectivity index (χ3v) is 4.77. The molecule has 0 saturated carbocycles. The lowest BCUT2D eigenvalue weighted by Gasteiger charge is -2.11. The van der Waals surface area contributed by atoms with Gasteiger partial charge in [-0.1, -0.05) is 12.1 Å². The second-order valence-electron chi connectivity index (χ2n) is 4.85. The Morgan fingerprint density at radius 1 is 1.14 bits per heavy atom. The molecule has 112 valence electrons. The van der Waals surface area contributed by atoms with E-state index in [0.717, 1.165) is 16.9 Å². The molecule has 2 rings (SSSR count). The molecule has 1 aromatic heterocycles. The standard InChI is InChI=1S/C15H19N3O2S/c1-11-4-7-14(8-15(11)21(19,20)16-3)18-10-13-6-5-12(2)17-9-13/h4-9,16,18H,10H2,1-3H3. The van der Waals surface area contributed by atoms with Crippen LogP contribution in [0.25, 0.3) is 0 Å². The van der Waals surface area contributed by atoms with Gasteiger partial charge in [0.1, 0.15) is 0 Å². The number of hydrogen-bond donors (Lipinski definition) is 2. The van der Waals surface area contributed by atoms with Crippen LogP contribution in [0.4, 0.5) is 5.69 Å². The average Bonchev–Trinajstić information content (AvgIpc) is 2.48. The summed E-state index contributed by atoms with van der Waals surface area (Å²) in [7, 11) is -2.03. The minimum atomic E-state index is -3.44. The molecule has 6 heteroatoms. The van der Waals surface area contributed by atoms with Crippen molar-refractivity contribution < 1.29 is 8.42 Å². The first kappa shape index (κ1) is 15.5. The van der Waals surface area contributed by atoms with Gasteiger partial charge < -0.3 is 5.32 Å². The van der Waals surface area contributed by atoms with E-state index in [1.165, 1.54) is 7.05 Å². The third kappa shape index (κ3) is 3.80. The van der Waals surface area contributed by atoms with Crippen molar-refractivity contribution in [3.63, 3.8) is 0 Å². The van der Waals surface area contributed by atoms with Crippen LogP contribution in [0.15, 0.2) is 41.4 Å². The molecular formula is C15H19N3O2S. The van der Waals surface area contributed by atoms with Crippen molar-refractivity contribution in [3.8, 4) is 0 Å². The molecule has 0 aliphatic carbocycles. The van der Waals surface area contributed by atoms with Gasteiger partial charge in [0.25, 0.3) is 0 Å². The summed E-state index contributed by atoms with van der Waals surface area (Å²) in [6, 6.07) is 9.24. The number of pyridine rings is 1. The largest absolute Gasteiger partial charge is 0.381 e. The highest BCUT2D eigenvalue weighted by Gasteiger charge is 2.14. The summed E-state index contributed by atoms with van der Waals surface area (Å²) in [5, 5.41) is 3.21. The van der Waals surface area contributed by atoms with Crippen LogP contribution in [0.1, 0.15) is 16.8 Å². The first-order chi connectivity index (χ1) is 9.92. The zero-order valence-electron chi connectivity index (χ0n) is 12.3. The number of sulfonamides is 1. The van der Waals surface area contributed by atoms with Crippen molar-refractivity contribution in [1.29, 1.82) is 0 Å². The summed E-state index contributed by atoms with van der Waals surface area (Å²) in [6.45, 7) is 4.30. The molecule has 1 aromatic carbocycles. The molecule has 0 fully saturated rings. The fourth-order valence-electron chi connectivity index (χ4n) is 1.92. The number of aromatic nitrogens is 1. The van der Waals surface area contributed by atoms with Crippen LogP contribution in [-0.2, 0) is 16.6 Å². The molecule has 2 N–H and O–H groups in total. The van der Waals surface area contributed by atoms with Crippen LogP contribution in [0.5, 0.6) is 0 Å². The summed E-state index contributed by atoms with van der Waals surface area (Å²) in [5.41, 5.74) is 3.48. The van der Waals surface area contributed by atoms with Crippen LogP contribution >= 0.6 is 0 Å². The lowest BCUT2D eigenvalue weighted by Crippen LogP contribution is -2.19. The molecule has 0 aliphatic rings. The highest BCUT2D eigenvalue weighted by Crippen LogP contribution is 2.20. The molecule has 0 saturated heterocycles. The molecule has 0 aliphatic heterocycles. The fourth-order valence-corrected chi connectivity index (χ4v) is 2.91. The van der Waals surface area contributed by atoms with Gasteiger partial charge in [-0.25, -0.2) is 13.1 Å². The van der Waals surface area contributed by atoms with E-state index in [0.29, 0.717) is 12.1 Å². The Labute approximate surface area is 125 Å². The smallest absolute Gasteiger partial charge is 0.240 e. The lowest BCUT2D eigenvalue weighted by molar-refractivity contribution is 0.587. The molecular weight excluding hydrogens is 286 g/mol. The molecule has 0 spiro atoms. The van der Waals surface area contributed by atoms with E-state index in [2.05, 4.69) is 15.0 Å². The Morgan fingerprint density at radius 2 is 1.90 bits per heavy atom. The molecule has 21 heavy (non-hydrogen) atoms. The van der Waals surface area contributed by atoms with Crippen LogP contribution in [0.3, 0.4) is 0 Å². The van der Waals surface area contributed by atoms with E-state index in [4.69, 9.17) is 0 Å². The lowest BCUT2D eigenvalue weighted by atomic mass is 10.2. The number of nitrogens with zero attached hydrogens (tertiary/aromatic N) is 1. The number of anilines is 1. The van der Waals surface area contributed by atoms with Gasteiger partial charge in [0.05, 0.1) is 4.90 Å². The van der Waals surface area contributed by atoms with Crippen molar-refractivity contribution >= 4 is 15.7 Å². The SMILES string of the molecule is CNS(=O)(=O)c1cc(NCc2ccc(C)nc2)ccc1C. The van der Waals surface area contributed by atoms with Crippen LogP contribution in [0, 0.1) is 13.8 Å². The van der Waals surface area contributed by atoms with Crippen LogP contribution in [-0.4, -0.2) is 20.4 Å². The molecule has 0 radical (unpaired) electrons. The van der Waals surface area contributed by atoms with Crippen molar-refractivity contribution in [1.82, 2.24) is 9.71 Å². The van der Waals surface area contributed by atoms with Gasteiger partial charge >= 0.3 is 0 Å². The Bertz CT molecular complexity index is 725. The summed E-state index contributed by atoms with van der Waals surface area (Å²) in [5.74, 6) is 0. The van der Waals surface area contributed by atoms with Gasteiger partial charge in [0.15, 0.2) is 0 Å². The molecule has 0 atom stereocenters. The average molecular weight is 305 g/mol. The molecule has 2 aromatic rings. The highest BCUT2D eigenvalue weighted by atomic mass is 32.2. The zero-order chi connectivity index (χ0) is 15.5. The predicted octanol–water partition coefficient (Wildman–Crippen LogP) is 2.22. The minimum absolute atomic E-state index is 0.289. The van der Waals surface area contributed by atoms with E-state index < -0.39 is 10.0 Å². The first-order valence-electron chi connectivity index (χ1n) is 6.62. The molecule has 0 amide bonds. The van der Waals surface area contributed by atoms with Gasteiger partial charge in [-0.2, -0.15) is 0 Å². The van der Waals surface area contributed by atoms with E-state index in [-0.39, 0.29) is 4.90 Å². The second kappa shape index (κ2) is 6.24. The normalized spacial score (nSPS) is 11.4. The Morgan fingerprint density at radius 3 is 2.52 bits per heavy atom. The van der Waals surface area contributed by atoms with Gasteiger partial charge in [-0.15, -0.1) is 0 Å². The Balaban J connectivity index is 2.18. The number of benzene rings is 1. The number of nitrogens with one attached hydrogen (secondary N) is 2. The van der Waals surface area contributed by atoms with E-state index in [1.54, 1.807) is 19.1 Å². The Hall–Kier alpha value is -1.92. The van der Waals surface area contributed by atoms with E-state index >= 15 is 0 Å². The maximum atomic E-state index is 11.9. The quantitative estimate of drug-likeness (QED) is 0.888. The van der Waals surface area contributed by atoms with Gasteiger partial charge in [0, 0.05) is 24.1 Å². The van der Waals surface area contributed by atoms with Crippen molar-refractivity contribution in [3.05, 3.63) is 53.3 Å². The highest BCUT2D eigenvalue weighted by molar-refractivity contribution is 7.89. The van der Waals surface area contributed by atoms with E-state index in [1.807, 2.05) is 31.3 Å². The molecule has 1 heterocycles. The van der Waals surface area contributed by atoms with Crippen molar-refractivity contribution in [2.75, 3.05) is 12.4 Å². The van der Waals surface area contributed by atoms with Gasteiger partial charge in [0.2, 0.25) is 10.0 Å². The summed E-state index contributed by atoms with van der Waals surface area (Å²) in [6.07, 6.45) is 1.81. The monoisotopic (exact) mass is 305 g/mol. The molecule has 0 bridgehead atoms. The van der Waals surface area contributed by atoms with Crippen molar-refractivity contribution in [2.24, 2.45) is 0 Å². The minimum Gasteiger partial charge on any atom is -0.381 e. The van der Waals surface area contributed by atoms with E-state index in [9.17, 15) is 8.42 Å². The van der Waals surface area contributed by atoms with Crippen LogP contribution < -0.4 is 10.0 Å². The second-order valence-corrected chi connectivity index (χ2v) is 6.70. The van der Waals surface area contributed by atoms with Gasteiger partial charge in [-0.3, -0.25) is 4.98 Å². The van der Waals surface area contributed by atoms with Crippen molar-refractivity contribution in [2.45, 2.75) is 25.3 Å². The number of aryl methyl sites for hydroxylation is 2. The first-order valence-corrected chi connectivity index (χ1v) is 8.10. The number of rotatable bonds is 5. The molecule has 0 unspecified atom stereocenters. The summed E-state index contributed by atoms with van der Waals surface area (Å²) in [4.78, 5) is 4.52. The van der Waals surface area contributed by atoms with Gasteiger partial charge in [-0.05, 0) is 50.2 Å². The topological polar surface area (TPSA) is 71.1 Å². The molecule has 5 nitrogen and oxygen atoms in total. The Kier molecular flexibility index (Phi) is 4.59. The third-order valence-electron chi connectivity index (χ3n) is 3.22. The number of hydrogen-bond acceptors (Lipinski definition) is 4. The summed E-state index contributed by atoms with van der Waals surface area (Å²) < 4.78 is 26.2. The van der Waals surface area contributed by atoms with Crippen LogP contribution in [0.2, 0.25) is 0 Å². The predicted molar refractivity (Wildman–Crippen MR) is 83.7 cm³/mol. The maximum Gasteiger partial charge on any atom is 0.240 e. The maximum absolute atomic E-state index is 11.9. The summed E-state index contributed by atoms with van der Waals surface area (Å²) >= 11 is 0. The zero-order valence-corrected chi connectivity index (χ0v) is 13.2. The fraction of sp³-hybridized carbons (Fsp3) is 0.267.